The molecule has 0 unspecified atom stereocenters. The van der Waals surface area contributed by atoms with E-state index in [9.17, 15) is 9.59 Å². The largest absolute Gasteiger partial charge is 0.301 e. The van der Waals surface area contributed by atoms with E-state index in [0.717, 1.165) is 18.4 Å². The zero-order valence-corrected chi connectivity index (χ0v) is 12.9. The van der Waals surface area contributed by atoms with E-state index in [4.69, 9.17) is 0 Å². The van der Waals surface area contributed by atoms with Crippen molar-refractivity contribution in [3.63, 3.8) is 0 Å². The summed E-state index contributed by atoms with van der Waals surface area (Å²) in [6.45, 7) is 0.409. The normalized spacial score (nSPS) is 14.3. The molecule has 0 fully saturated rings. The zero-order valence-electron chi connectivity index (χ0n) is 12.9. The first-order valence-electron chi connectivity index (χ1n) is 7.90. The standard InChI is InChI=1S/C20H19NO2/c22-19-14-8-7-13-18(19)21(15-16-9-3-1-4-10-16)20(23)17-11-5-2-6-12-17/h1-6,9-13H,7-8,14-15H2. The van der Waals surface area contributed by atoms with Crippen molar-refractivity contribution < 1.29 is 9.59 Å². The van der Waals surface area contributed by atoms with Gasteiger partial charge in [0, 0.05) is 12.0 Å². The summed E-state index contributed by atoms with van der Waals surface area (Å²) in [5, 5.41) is 0. The highest BCUT2D eigenvalue weighted by molar-refractivity contribution is 6.03. The van der Waals surface area contributed by atoms with Crippen LogP contribution in [0.1, 0.15) is 35.2 Å². The Bertz CT molecular complexity index is 720. The van der Waals surface area contributed by atoms with Gasteiger partial charge in [-0.05, 0) is 30.5 Å². The van der Waals surface area contributed by atoms with Crippen LogP contribution in [0.25, 0.3) is 0 Å². The number of ketones is 1. The van der Waals surface area contributed by atoms with Crippen LogP contribution in [-0.2, 0) is 11.3 Å². The average Bonchev–Trinajstić information content (AvgIpc) is 2.61. The molecule has 2 aromatic carbocycles. The summed E-state index contributed by atoms with van der Waals surface area (Å²) in [5.74, 6) is -0.0765. The van der Waals surface area contributed by atoms with Crippen LogP contribution in [0.2, 0.25) is 0 Å². The fourth-order valence-electron chi connectivity index (χ4n) is 2.77. The maximum atomic E-state index is 12.9. The zero-order chi connectivity index (χ0) is 16.1. The number of hydrogen-bond acceptors (Lipinski definition) is 2. The highest BCUT2D eigenvalue weighted by Crippen LogP contribution is 2.22. The van der Waals surface area contributed by atoms with Crippen LogP contribution in [0.15, 0.2) is 72.4 Å². The molecule has 3 rings (SSSR count). The van der Waals surface area contributed by atoms with E-state index in [1.165, 1.54) is 0 Å². The fourth-order valence-corrected chi connectivity index (χ4v) is 2.77. The Morgan fingerprint density at radius 1 is 0.957 bits per heavy atom. The molecule has 0 aliphatic heterocycles. The van der Waals surface area contributed by atoms with Crippen LogP contribution in [0, 0.1) is 0 Å². The van der Waals surface area contributed by atoms with E-state index in [-0.39, 0.29) is 11.7 Å². The summed E-state index contributed by atoms with van der Waals surface area (Å²) >= 11 is 0. The van der Waals surface area contributed by atoms with Crippen molar-refractivity contribution in [2.45, 2.75) is 25.8 Å². The van der Waals surface area contributed by atoms with Crippen molar-refractivity contribution in [1.29, 1.82) is 0 Å². The molecular weight excluding hydrogens is 286 g/mol. The summed E-state index contributed by atoms with van der Waals surface area (Å²) in [6.07, 6.45) is 4.12. The van der Waals surface area contributed by atoms with Gasteiger partial charge in [0.2, 0.25) is 0 Å². The Kier molecular flexibility index (Phi) is 4.67. The number of carbonyl (C=O) groups excluding carboxylic acids is 2. The van der Waals surface area contributed by atoms with Gasteiger partial charge in [-0.1, -0.05) is 54.6 Å². The van der Waals surface area contributed by atoms with Gasteiger partial charge in [-0.2, -0.15) is 0 Å². The van der Waals surface area contributed by atoms with Crippen molar-refractivity contribution in [3.05, 3.63) is 83.6 Å². The Morgan fingerprint density at radius 3 is 2.26 bits per heavy atom. The lowest BCUT2D eigenvalue weighted by Gasteiger charge is -2.27. The van der Waals surface area contributed by atoms with Crippen LogP contribution < -0.4 is 0 Å². The monoisotopic (exact) mass is 305 g/mol. The quantitative estimate of drug-likeness (QED) is 0.857. The lowest BCUT2D eigenvalue weighted by molar-refractivity contribution is -0.117. The third kappa shape index (κ3) is 3.57. The average molecular weight is 305 g/mol. The number of carbonyl (C=O) groups is 2. The van der Waals surface area contributed by atoms with Crippen LogP contribution in [0.5, 0.6) is 0 Å². The molecule has 1 amide bonds. The van der Waals surface area contributed by atoms with Gasteiger partial charge in [-0.3, -0.25) is 9.59 Å². The minimum Gasteiger partial charge on any atom is -0.301 e. The van der Waals surface area contributed by atoms with Gasteiger partial charge in [-0.15, -0.1) is 0 Å². The van der Waals surface area contributed by atoms with E-state index in [0.29, 0.717) is 24.2 Å². The molecule has 0 bridgehead atoms. The van der Waals surface area contributed by atoms with Gasteiger partial charge in [-0.25, -0.2) is 0 Å². The number of allylic oxidation sites excluding steroid dienone is 2. The van der Waals surface area contributed by atoms with Crippen molar-refractivity contribution in [3.8, 4) is 0 Å². The molecule has 1 aliphatic rings. The fraction of sp³-hybridized carbons (Fsp3) is 0.200. The highest BCUT2D eigenvalue weighted by Gasteiger charge is 2.26. The minimum absolute atomic E-state index is 0.0523. The molecule has 1 aliphatic carbocycles. The molecule has 0 saturated heterocycles. The van der Waals surface area contributed by atoms with E-state index in [1.54, 1.807) is 17.0 Å². The molecule has 23 heavy (non-hydrogen) atoms. The Balaban J connectivity index is 1.94. The second kappa shape index (κ2) is 7.05. The molecule has 3 nitrogen and oxygen atoms in total. The maximum absolute atomic E-state index is 12.9. The molecule has 0 radical (unpaired) electrons. The van der Waals surface area contributed by atoms with E-state index in [2.05, 4.69) is 0 Å². The number of rotatable bonds is 4. The molecule has 0 saturated carbocycles. The lowest BCUT2D eigenvalue weighted by atomic mass is 10.0. The Hall–Kier alpha value is -2.68. The summed E-state index contributed by atoms with van der Waals surface area (Å²) < 4.78 is 0. The SMILES string of the molecule is O=C1CCCC=C1N(Cc1ccccc1)C(=O)c1ccccc1. The molecule has 0 N–H and O–H groups in total. The number of Topliss-reactive ketones (excluding diaryl/α,β-unsaturated/α-hetero) is 1. The first-order chi connectivity index (χ1) is 11.3. The number of nitrogens with zero attached hydrogens (tertiary/aromatic N) is 1. The third-order valence-electron chi connectivity index (χ3n) is 3.97. The van der Waals surface area contributed by atoms with Gasteiger partial charge in [0.05, 0.1) is 12.2 Å². The van der Waals surface area contributed by atoms with Crippen LogP contribution in [0.4, 0.5) is 0 Å². The first-order valence-corrected chi connectivity index (χ1v) is 7.90. The van der Waals surface area contributed by atoms with Crippen molar-refractivity contribution >= 4 is 11.7 Å². The molecule has 0 aromatic heterocycles. The predicted molar refractivity (Wildman–Crippen MR) is 89.7 cm³/mol. The summed E-state index contributed by atoms with van der Waals surface area (Å²) in [7, 11) is 0. The summed E-state index contributed by atoms with van der Waals surface area (Å²) in [4.78, 5) is 26.8. The van der Waals surface area contributed by atoms with E-state index < -0.39 is 0 Å². The molecule has 3 heteroatoms. The number of benzene rings is 2. The van der Waals surface area contributed by atoms with Gasteiger partial charge in [0.1, 0.15) is 0 Å². The van der Waals surface area contributed by atoms with Gasteiger partial charge < -0.3 is 4.90 Å². The van der Waals surface area contributed by atoms with Crippen LogP contribution >= 0.6 is 0 Å². The minimum atomic E-state index is -0.129. The molecular formula is C20H19NO2. The van der Waals surface area contributed by atoms with Gasteiger partial charge >= 0.3 is 0 Å². The lowest BCUT2D eigenvalue weighted by Crippen LogP contribution is -2.34. The molecule has 0 spiro atoms. The Morgan fingerprint density at radius 2 is 1.61 bits per heavy atom. The Labute approximate surface area is 136 Å². The second-order valence-corrected chi connectivity index (χ2v) is 5.65. The van der Waals surface area contributed by atoms with Crippen molar-refractivity contribution in [2.75, 3.05) is 0 Å². The molecule has 0 heterocycles. The van der Waals surface area contributed by atoms with Crippen molar-refractivity contribution in [1.82, 2.24) is 4.90 Å². The molecule has 0 atom stereocenters. The molecule has 116 valence electrons. The van der Waals surface area contributed by atoms with Crippen LogP contribution in [-0.4, -0.2) is 16.6 Å². The van der Waals surface area contributed by atoms with Gasteiger partial charge in [0.25, 0.3) is 5.91 Å². The summed E-state index contributed by atoms with van der Waals surface area (Å²) in [5.41, 5.74) is 2.15. The summed E-state index contributed by atoms with van der Waals surface area (Å²) in [6, 6.07) is 18.9. The van der Waals surface area contributed by atoms with Gasteiger partial charge in [0.15, 0.2) is 5.78 Å². The maximum Gasteiger partial charge on any atom is 0.258 e. The van der Waals surface area contributed by atoms with Crippen molar-refractivity contribution in [2.24, 2.45) is 0 Å². The smallest absolute Gasteiger partial charge is 0.258 e. The van der Waals surface area contributed by atoms with E-state index >= 15 is 0 Å². The highest BCUT2D eigenvalue weighted by atomic mass is 16.2. The first kappa shape index (κ1) is 15.2. The predicted octanol–water partition coefficient (Wildman–Crippen LogP) is 3.97. The number of amides is 1. The van der Waals surface area contributed by atoms with Crippen LogP contribution in [0.3, 0.4) is 0 Å². The molecule has 2 aromatic rings. The number of hydrogen-bond donors (Lipinski definition) is 0. The van der Waals surface area contributed by atoms with E-state index in [1.807, 2.05) is 54.6 Å². The topological polar surface area (TPSA) is 37.4 Å². The third-order valence-corrected chi connectivity index (χ3v) is 3.97. The second-order valence-electron chi connectivity index (χ2n) is 5.65.